The van der Waals surface area contributed by atoms with Gasteiger partial charge >= 0.3 is 6.18 Å². The van der Waals surface area contributed by atoms with Crippen LogP contribution in [-0.4, -0.2) is 32.8 Å². The van der Waals surface area contributed by atoms with Crippen molar-refractivity contribution in [3.8, 4) is 0 Å². The van der Waals surface area contributed by atoms with Gasteiger partial charge in [-0.2, -0.15) is 13.2 Å². The number of hydrogen-bond donors (Lipinski definition) is 1. The summed E-state index contributed by atoms with van der Waals surface area (Å²) >= 11 is 0. The molecule has 1 amide bonds. The normalized spacial score (nSPS) is 14.6. The Kier molecular flexibility index (Phi) is 4.81. The van der Waals surface area contributed by atoms with Crippen LogP contribution in [-0.2, 0) is 24.1 Å². The molecule has 7 nitrogen and oxygen atoms in total. The molecule has 0 aliphatic carbocycles. The van der Waals surface area contributed by atoms with E-state index in [-0.39, 0.29) is 5.69 Å². The van der Waals surface area contributed by atoms with Crippen LogP contribution >= 0.6 is 0 Å². The number of nitrogens with two attached hydrogens (primary N) is 1. The molecule has 0 aromatic carbocycles. The van der Waals surface area contributed by atoms with Crippen molar-refractivity contribution in [3.05, 3.63) is 58.7 Å². The summed E-state index contributed by atoms with van der Waals surface area (Å²) < 4.78 is 43.7. The van der Waals surface area contributed by atoms with Gasteiger partial charge < -0.3 is 15.4 Å². The van der Waals surface area contributed by atoms with Crippen molar-refractivity contribution >= 4 is 22.6 Å². The van der Waals surface area contributed by atoms with Crippen molar-refractivity contribution in [3.63, 3.8) is 0 Å². The number of nitrogen functional groups attached to an aromatic ring is 1. The Morgan fingerprint density at radius 3 is 2.60 bits per heavy atom. The van der Waals surface area contributed by atoms with Gasteiger partial charge in [-0.3, -0.25) is 9.78 Å². The van der Waals surface area contributed by atoms with Gasteiger partial charge in [0, 0.05) is 24.2 Å². The quantitative estimate of drug-likeness (QED) is 0.701. The van der Waals surface area contributed by atoms with Gasteiger partial charge in [-0.05, 0) is 30.7 Å². The molecule has 3 aromatic heterocycles. The fourth-order valence-corrected chi connectivity index (χ4v) is 3.37. The van der Waals surface area contributed by atoms with Crippen LogP contribution in [0, 0.1) is 0 Å². The second-order valence-electron chi connectivity index (χ2n) is 7.10. The van der Waals surface area contributed by atoms with Gasteiger partial charge in [0.15, 0.2) is 0 Å². The number of pyridine rings is 3. The molecule has 0 bridgehead atoms. The van der Waals surface area contributed by atoms with E-state index in [4.69, 9.17) is 10.5 Å². The van der Waals surface area contributed by atoms with E-state index in [1.165, 1.54) is 17.2 Å². The number of rotatable bonds is 3. The monoisotopic (exact) mass is 417 g/mol. The van der Waals surface area contributed by atoms with Crippen molar-refractivity contribution in [2.45, 2.75) is 32.4 Å². The van der Waals surface area contributed by atoms with Crippen molar-refractivity contribution in [2.24, 2.45) is 0 Å². The number of carbonyl (C=O) groups excluding carboxylic acids is 1. The summed E-state index contributed by atoms with van der Waals surface area (Å²) in [4.78, 5) is 26.7. The minimum Gasteiger partial charge on any atom is -0.383 e. The molecule has 0 spiro atoms. The lowest BCUT2D eigenvalue weighted by atomic mass is 10.1. The SMILES string of the molecule is CC(c1ccc(C(F)(F)F)cn1)N(C)C(=O)c1cc2c3c(c(N)nc2cn1)COC3. The number of nitrogens with zero attached hydrogens (tertiary/aromatic N) is 4. The van der Waals surface area contributed by atoms with Crippen LogP contribution in [0.3, 0.4) is 0 Å². The number of carbonyl (C=O) groups is 1. The molecule has 1 aliphatic heterocycles. The number of amides is 1. The zero-order valence-corrected chi connectivity index (χ0v) is 16.2. The summed E-state index contributed by atoms with van der Waals surface area (Å²) in [6.45, 7) is 2.42. The highest BCUT2D eigenvalue weighted by Crippen LogP contribution is 2.32. The fourth-order valence-electron chi connectivity index (χ4n) is 3.37. The van der Waals surface area contributed by atoms with Crippen LogP contribution in [0.25, 0.3) is 10.9 Å². The van der Waals surface area contributed by atoms with E-state index in [1.807, 2.05) is 0 Å². The number of anilines is 1. The van der Waals surface area contributed by atoms with Crippen LogP contribution in [0.1, 0.15) is 45.8 Å². The first-order chi connectivity index (χ1) is 14.2. The molecule has 10 heteroatoms. The lowest BCUT2D eigenvalue weighted by Crippen LogP contribution is -2.30. The largest absolute Gasteiger partial charge is 0.417 e. The molecule has 1 atom stereocenters. The second kappa shape index (κ2) is 7.21. The van der Waals surface area contributed by atoms with Crippen LogP contribution in [0.2, 0.25) is 0 Å². The molecule has 3 aromatic rings. The molecule has 4 rings (SSSR count). The molecule has 4 heterocycles. The van der Waals surface area contributed by atoms with E-state index in [9.17, 15) is 18.0 Å². The third-order valence-corrected chi connectivity index (χ3v) is 5.28. The van der Waals surface area contributed by atoms with E-state index in [0.29, 0.717) is 30.2 Å². The number of ether oxygens (including phenoxy) is 1. The Morgan fingerprint density at radius 2 is 1.93 bits per heavy atom. The Hall–Kier alpha value is -3.27. The van der Waals surface area contributed by atoms with Crippen LogP contribution in [0.4, 0.5) is 19.0 Å². The van der Waals surface area contributed by atoms with E-state index in [0.717, 1.165) is 28.8 Å². The molecule has 156 valence electrons. The number of aromatic nitrogens is 3. The predicted molar refractivity (Wildman–Crippen MR) is 102 cm³/mol. The Labute approximate surface area is 169 Å². The molecule has 1 aliphatic rings. The zero-order valence-electron chi connectivity index (χ0n) is 16.2. The highest BCUT2D eigenvalue weighted by atomic mass is 19.4. The lowest BCUT2D eigenvalue weighted by molar-refractivity contribution is -0.137. The van der Waals surface area contributed by atoms with E-state index in [1.54, 1.807) is 20.0 Å². The van der Waals surface area contributed by atoms with Gasteiger partial charge in [0.25, 0.3) is 5.91 Å². The second-order valence-corrected chi connectivity index (χ2v) is 7.10. The minimum absolute atomic E-state index is 0.185. The lowest BCUT2D eigenvalue weighted by Gasteiger charge is -2.24. The molecular weight excluding hydrogens is 399 g/mol. The topological polar surface area (TPSA) is 94.2 Å². The maximum absolute atomic E-state index is 13.0. The molecule has 2 N–H and O–H groups in total. The number of alkyl halides is 3. The van der Waals surface area contributed by atoms with Crippen molar-refractivity contribution in [1.82, 2.24) is 19.9 Å². The Balaban J connectivity index is 1.62. The number of hydrogen-bond acceptors (Lipinski definition) is 6. The summed E-state index contributed by atoms with van der Waals surface area (Å²) in [5.41, 5.74) is 7.89. The minimum atomic E-state index is -4.47. The molecular formula is C20H18F3N5O2. The average Bonchev–Trinajstić information content (AvgIpc) is 3.22. The molecule has 0 radical (unpaired) electrons. The van der Waals surface area contributed by atoms with Crippen molar-refractivity contribution < 1.29 is 22.7 Å². The highest BCUT2D eigenvalue weighted by Gasteiger charge is 2.31. The molecule has 0 saturated carbocycles. The summed E-state index contributed by atoms with van der Waals surface area (Å²) in [7, 11) is 1.55. The van der Waals surface area contributed by atoms with E-state index in [2.05, 4.69) is 15.0 Å². The van der Waals surface area contributed by atoms with Gasteiger partial charge in [0.1, 0.15) is 11.5 Å². The van der Waals surface area contributed by atoms with Gasteiger partial charge in [-0.1, -0.05) is 0 Å². The van der Waals surface area contributed by atoms with Crippen molar-refractivity contribution in [2.75, 3.05) is 12.8 Å². The van der Waals surface area contributed by atoms with Crippen LogP contribution in [0.15, 0.2) is 30.6 Å². The molecule has 0 fully saturated rings. The van der Waals surface area contributed by atoms with E-state index < -0.39 is 23.7 Å². The van der Waals surface area contributed by atoms with Crippen LogP contribution < -0.4 is 5.73 Å². The first kappa shape index (κ1) is 20.0. The number of fused-ring (bicyclic) bond motifs is 3. The first-order valence-corrected chi connectivity index (χ1v) is 9.12. The Bertz CT molecular complexity index is 1130. The van der Waals surface area contributed by atoms with Gasteiger partial charge in [-0.15, -0.1) is 0 Å². The van der Waals surface area contributed by atoms with Crippen molar-refractivity contribution in [1.29, 1.82) is 0 Å². The van der Waals surface area contributed by atoms with Gasteiger partial charge in [0.05, 0.1) is 42.2 Å². The van der Waals surface area contributed by atoms with Gasteiger partial charge in [-0.25, -0.2) is 9.97 Å². The third kappa shape index (κ3) is 3.43. The maximum atomic E-state index is 13.0. The third-order valence-electron chi connectivity index (χ3n) is 5.28. The maximum Gasteiger partial charge on any atom is 0.417 e. The van der Waals surface area contributed by atoms with Gasteiger partial charge in [0.2, 0.25) is 0 Å². The molecule has 30 heavy (non-hydrogen) atoms. The molecule has 1 unspecified atom stereocenters. The summed E-state index contributed by atoms with van der Waals surface area (Å²) in [5.74, 6) is -0.00872. The van der Waals surface area contributed by atoms with Crippen LogP contribution in [0.5, 0.6) is 0 Å². The Morgan fingerprint density at radius 1 is 1.20 bits per heavy atom. The summed E-state index contributed by atoms with van der Waals surface area (Å²) in [6.07, 6.45) is -2.23. The summed E-state index contributed by atoms with van der Waals surface area (Å²) in [6, 6.07) is 3.30. The standard InChI is InChI=1S/C20H18F3N5O2/c1-10(15-4-3-11(6-25-15)20(21,22)23)28(2)19(29)16-5-12-13-8-30-9-14(13)18(24)27-17(12)7-26-16/h3-7,10H,8-9H2,1-2H3,(H2,24,27). The average molecular weight is 417 g/mol. The first-order valence-electron chi connectivity index (χ1n) is 9.12. The molecule has 0 saturated heterocycles. The highest BCUT2D eigenvalue weighted by molar-refractivity contribution is 5.97. The van der Waals surface area contributed by atoms with E-state index >= 15 is 0 Å². The summed E-state index contributed by atoms with van der Waals surface area (Å²) in [5, 5.41) is 0.740. The fraction of sp³-hybridized carbons (Fsp3) is 0.300. The number of halogens is 3. The zero-order chi connectivity index (χ0) is 21.6. The predicted octanol–water partition coefficient (Wildman–Crippen LogP) is 3.49. The smallest absolute Gasteiger partial charge is 0.383 e.